The number of aliphatic hydroxyl groups is 2. The summed E-state index contributed by atoms with van der Waals surface area (Å²) in [5, 5.41) is 29.3. The van der Waals surface area contributed by atoms with Crippen molar-refractivity contribution in [1.82, 2.24) is 0 Å². The number of carbonyl (C=O) groups is 3. The molecule has 10 heteroatoms. The Morgan fingerprint density at radius 1 is 0.771 bits per heavy atom. The summed E-state index contributed by atoms with van der Waals surface area (Å²) >= 11 is 1.27. The number of nitrogens with two attached hydrogens (primary N) is 1. The van der Waals surface area contributed by atoms with Crippen LogP contribution in [0.25, 0.3) is 0 Å². The van der Waals surface area contributed by atoms with E-state index in [0.717, 1.165) is 38.0 Å². The molecule has 48 heavy (non-hydrogen) atoms. The lowest BCUT2D eigenvalue weighted by atomic mass is 10.0. The van der Waals surface area contributed by atoms with Crippen LogP contribution < -0.4 is 5.73 Å². The highest BCUT2D eigenvalue weighted by atomic mass is 32.2. The fourth-order valence-electron chi connectivity index (χ4n) is 4.59. The van der Waals surface area contributed by atoms with Gasteiger partial charge in [0.05, 0.1) is 6.10 Å². The fraction of sp³-hybridized carbons (Fsp3) is 0.711. The number of unbranched alkanes of at least 4 members (excludes halogenated alkanes) is 8. The van der Waals surface area contributed by atoms with E-state index in [1.807, 2.05) is 18.2 Å². The van der Waals surface area contributed by atoms with Gasteiger partial charge in [-0.15, -0.1) is 11.8 Å². The van der Waals surface area contributed by atoms with Gasteiger partial charge in [0.15, 0.2) is 0 Å². The molecule has 0 heterocycles. The maximum absolute atomic E-state index is 12.4. The molecule has 0 amide bonds. The van der Waals surface area contributed by atoms with Crippen molar-refractivity contribution in [2.75, 3.05) is 19.0 Å². The van der Waals surface area contributed by atoms with E-state index in [1.165, 1.54) is 56.7 Å². The van der Waals surface area contributed by atoms with Crippen molar-refractivity contribution in [3.05, 3.63) is 48.6 Å². The van der Waals surface area contributed by atoms with Crippen LogP contribution in [0, 0.1) is 5.92 Å². The van der Waals surface area contributed by atoms with E-state index in [2.05, 4.69) is 39.0 Å². The number of aliphatic hydroxyl groups excluding tert-OH is 2. The number of allylic oxidation sites excluding steroid dienone is 7. The molecule has 0 radical (unpaired) electrons. The van der Waals surface area contributed by atoms with Gasteiger partial charge in [-0.05, 0) is 44.4 Å². The van der Waals surface area contributed by atoms with Crippen LogP contribution in [0.1, 0.15) is 124 Å². The average molecular weight is 696 g/mol. The van der Waals surface area contributed by atoms with Crippen LogP contribution >= 0.6 is 11.8 Å². The van der Waals surface area contributed by atoms with Gasteiger partial charge in [0.1, 0.15) is 25.4 Å². The third kappa shape index (κ3) is 29.7. The second kappa shape index (κ2) is 31.8. The Morgan fingerprint density at radius 3 is 2.17 bits per heavy atom. The SMILES string of the molecule is CCCCC/C=C\C\C=C/C=C/C=C/[C@@H](SC[C@H](N)C(=O)OC[C@@H](O)COC(=O)CCCCCCCCC(C)C)[C@@H](O)CCCC(=O)O. The van der Waals surface area contributed by atoms with E-state index in [-0.39, 0.29) is 37.8 Å². The van der Waals surface area contributed by atoms with Gasteiger partial charge < -0.3 is 30.5 Å². The van der Waals surface area contributed by atoms with Gasteiger partial charge in [-0.2, -0.15) is 0 Å². The number of carboxylic acid groups (broad SMARTS) is 1. The monoisotopic (exact) mass is 695 g/mol. The summed E-state index contributed by atoms with van der Waals surface area (Å²) in [7, 11) is 0. The minimum Gasteiger partial charge on any atom is -0.481 e. The van der Waals surface area contributed by atoms with Gasteiger partial charge >= 0.3 is 17.9 Å². The molecule has 0 saturated heterocycles. The lowest BCUT2D eigenvalue weighted by Crippen LogP contribution is -2.38. The second-order valence-electron chi connectivity index (χ2n) is 12.7. The van der Waals surface area contributed by atoms with Crippen molar-refractivity contribution in [3.63, 3.8) is 0 Å². The van der Waals surface area contributed by atoms with Crippen molar-refractivity contribution in [1.29, 1.82) is 0 Å². The van der Waals surface area contributed by atoms with Gasteiger partial charge in [0.25, 0.3) is 0 Å². The first kappa shape index (κ1) is 45.6. The van der Waals surface area contributed by atoms with Gasteiger partial charge in [-0.3, -0.25) is 14.4 Å². The maximum Gasteiger partial charge on any atom is 0.323 e. The van der Waals surface area contributed by atoms with Crippen molar-refractivity contribution >= 4 is 29.7 Å². The van der Waals surface area contributed by atoms with Crippen molar-refractivity contribution in [3.8, 4) is 0 Å². The lowest BCUT2D eigenvalue weighted by molar-refractivity contribution is -0.153. The zero-order valence-electron chi connectivity index (χ0n) is 29.8. The fourth-order valence-corrected chi connectivity index (χ4v) is 5.72. The molecule has 0 aromatic rings. The minimum absolute atomic E-state index is 0.0436. The highest BCUT2D eigenvalue weighted by Gasteiger charge is 2.22. The van der Waals surface area contributed by atoms with Crippen molar-refractivity contribution in [2.24, 2.45) is 11.7 Å². The van der Waals surface area contributed by atoms with E-state index in [1.54, 1.807) is 12.2 Å². The van der Waals surface area contributed by atoms with Gasteiger partial charge in [-0.1, -0.05) is 121 Å². The molecule has 0 unspecified atom stereocenters. The molecule has 5 N–H and O–H groups in total. The summed E-state index contributed by atoms with van der Waals surface area (Å²) in [4.78, 5) is 35.3. The number of carbonyl (C=O) groups excluding carboxylic acids is 2. The Morgan fingerprint density at radius 2 is 1.46 bits per heavy atom. The topological polar surface area (TPSA) is 156 Å². The van der Waals surface area contributed by atoms with E-state index in [4.69, 9.17) is 20.3 Å². The molecular weight excluding hydrogens is 630 g/mol. The average Bonchev–Trinajstić information content (AvgIpc) is 3.05. The predicted molar refractivity (Wildman–Crippen MR) is 197 cm³/mol. The van der Waals surface area contributed by atoms with E-state index < -0.39 is 35.4 Å². The largest absolute Gasteiger partial charge is 0.481 e. The van der Waals surface area contributed by atoms with Crippen LogP contribution in [0.4, 0.5) is 0 Å². The Kier molecular flexibility index (Phi) is 30.3. The van der Waals surface area contributed by atoms with Gasteiger partial charge in [0.2, 0.25) is 0 Å². The first-order valence-corrected chi connectivity index (χ1v) is 19.0. The number of thioether (sulfide) groups is 1. The smallest absolute Gasteiger partial charge is 0.323 e. The third-order valence-electron chi connectivity index (χ3n) is 7.49. The standard InChI is InChI=1S/C38H65NO8S/c1-4-5-6-7-8-9-10-11-12-13-17-20-25-35(34(41)24-22-26-36(42)43)48-30-33(39)38(45)47-29-32(40)28-46-37(44)27-21-18-15-14-16-19-23-31(2)3/h8-9,11-13,17,20,25,31-35,40-41H,4-7,10,14-16,18-19,21-24,26-30,39H2,1-3H3,(H,42,43)/b9-8-,12-11-,17-13+,25-20+/t32-,33-,34-,35+/m0/s1. The molecule has 0 aromatic carbocycles. The van der Waals surface area contributed by atoms with Crippen LogP contribution in [-0.2, 0) is 23.9 Å². The highest BCUT2D eigenvalue weighted by molar-refractivity contribution is 8.00. The first-order valence-electron chi connectivity index (χ1n) is 18.0. The Balaban J connectivity index is 4.53. The van der Waals surface area contributed by atoms with Gasteiger partial charge in [-0.25, -0.2) is 0 Å². The number of aliphatic carboxylic acids is 1. The molecule has 9 nitrogen and oxygen atoms in total. The molecule has 0 aliphatic carbocycles. The Hall–Kier alpha value is -2.40. The summed E-state index contributed by atoms with van der Waals surface area (Å²) in [5.74, 6) is -1.14. The molecule has 0 aliphatic heterocycles. The molecule has 0 aromatic heterocycles. The summed E-state index contributed by atoms with van der Waals surface area (Å²) in [6.07, 6.45) is 27.9. The Bertz CT molecular complexity index is 949. The van der Waals surface area contributed by atoms with Crippen LogP contribution in [0.3, 0.4) is 0 Å². The van der Waals surface area contributed by atoms with Crippen molar-refractivity contribution in [2.45, 2.75) is 147 Å². The molecule has 276 valence electrons. The molecular formula is C38H65NO8S. The number of rotatable bonds is 31. The molecule has 0 rings (SSSR count). The quantitative estimate of drug-likeness (QED) is 0.0249. The number of esters is 2. The first-order chi connectivity index (χ1) is 23.1. The second-order valence-corrected chi connectivity index (χ2v) is 13.9. The molecule has 0 saturated carbocycles. The molecule has 0 fully saturated rings. The summed E-state index contributed by atoms with van der Waals surface area (Å²) in [6, 6.07) is -1.01. The van der Waals surface area contributed by atoms with Crippen LogP contribution in [0.5, 0.6) is 0 Å². The number of hydrogen-bond acceptors (Lipinski definition) is 9. The summed E-state index contributed by atoms with van der Waals surface area (Å²) in [6.45, 7) is 6.04. The maximum atomic E-state index is 12.4. The molecule has 4 atom stereocenters. The number of carboxylic acids is 1. The Labute approximate surface area is 294 Å². The number of ether oxygens (including phenoxy) is 2. The van der Waals surface area contributed by atoms with Gasteiger partial charge in [0, 0.05) is 23.8 Å². The summed E-state index contributed by atoms with van der Waals surface area (Å²) in [5.41, 5.74) is 6.03. The number of hydrogen-bond donors (Lipinski definition) is 4. The normalized spacial score (nSPS) is 14.7. The third-order valence-corrected chi connectivity index (χ3v) is 8.90. The van der Waals surface area contributed by atoms with E-state index in [9.17, 15) is 24.6 Å². The highest BCUT2D eigenvalue weighted by Crippen LogP contribution is 2.21. The molecule has 0 spiro atoms. The zero-order chi connectivity index (χ0) is 35.8. The lowest BCUT2D eigenvalue weighted by Gasteiger charge is -2.21. The van der Waals surface area contributed by atoms with Crippen molar-refractivity contribution < 1.29 is 39.2 Å². The summed E-state index contributed by atoms with van der Waals surface area (Å²) < 4.78 is 10.2. The van der Waals surface area contributed by atoms with Crippen LogP contribution in [0.15, 0.2) is 48.6 Å². The van der Waals surface area contributed by atoms with Crippen LogP contribution in [0.2, 0.25) is 0 Å². The van der Waals surface area contributed by atoms with E-state index >= 15 is 0 Å². The molecule has 0 aliphatic rings. The predicted octanol–water partition coefficient (Wildman–Crippen LogP) is 7.45. The zero-order valence-corrected chi connectivity index (χ0v) is 30.6. The van der Waals surface area contributed by atoms with Crippen LogP contribution in [-0.4, -0.2) is 75.7 Å². The minimum atomic E-state index is -1.16. The molecule has 0 bridgehead atoms. The van der Waals surface area contributed by atoms with E-state index in [0.29, 0.717) is 12.8 Å².